The van der Waals surface area contributed by atoms with Gasteiger partial charge in [-0.2, -0.15) is 0 Å². The number of benzene rings is 1. The van der Waals surface area contributed by atoms with Crippen LogP contribution in [0.15, 0.2) is 54.0 Å². The number of rotatable bonds is 12. The molecule has 3 aromatic rings. The molecular weight excluding hydrogens is 435 g/mol. The summed E-state index contributed by atoms with van der Waals surface area (Å²) < 4.78 is 20.2. The topological polar surface area (TPSA) is 93.4 Å². The van der Waals surface area contributed by atoms with Crippen LogP contribution in [0.3, 0.4) is 0 Å². The van der Waals surface area contributed by atoms with E-state index in [4.69, 9.17) is 11.5 Å². The fraction of sp³-hybridized carbons (Fsp3) is 0.400. The first kappa shape index (κ1) is 25.2. The van der Waals surface area contributed by atoms with Crippen LogP contribution in [0.2, 0.25) is 0 Å². The third-order valence-electron chi connectivity index (χ3n) is 6.04. The first-order valence-electron chi connectivity index (χ1n) is 11.3. The van der Waals surface area contributed by atoms with E-state index in [1.807, 2.05) is 55.2 Å². The Hall–Kier alpha value is -2.39. The Morgan fingerprint density at radius 3 is 2.79 bits per heavy atom. The number of hydrogen-bond donors (Lipinski definition) is 4. The molecule has 0 aliphatic rings. The summed E-state index contributed by atoms with van der Waals surface area (Å²) in [4.78, 5) is 4.45. The zero-order chi connectivity index (χ0) is 23.8. The maximum atomic E-state index is 15.0. The van der Waals surface area contributed by atoms with Crippen LogP contribution >= 0.6 is 11.9 Å². The summed E-state index contributed by atoms with van der Waals surface area (Å²) in [6, 6.07) is 9.19. The van der Waals surface area contributed by atoms with E-state index in [9.17, 15) is 4.39 Å². The van der Waals surface area contributed by atoms with Gasteiger partial charge in [0.1, 0.15) is 11.5 Å². The number of aromatic nitrogens is 2. The van der Waals surface area contributed by atoms with Gasteiger partial charge in [-0.25, -0.2) is 9.37 Å². The van der Waals surface area contributed by atoms with Gasteiger partial charge < -0.3 is 21.2 Å². The van der Waals surface area contributed by atoms with Gasteiger partial charge in [0.05, 0.1) is 0 Å². The van der Waals surface area contributed by atoms with Gasteiger partial charge in [0.2, 0.25) is 0 Å². The second-order valence-electron chi connectivity index (χ2n) is 8.11. The summed E-state index contributed by atoms with van der Waals surface area (Å²) in [5, 5.41) is 3.22. The predicted octanol–water partition coefficient (Wildman–Crippen LogP) is 3.65. The molecule has 0 spiro atoms. The molecule has 0 radical (unpaired) electrons. The van der Waals surface area contributed by atoms with Crippen LogP contribution in [0.1, 0.15) is 31.0 Å². The minimum atomic E-state index is -0.176. The fourth-order valence-electron chi connectivity index (χ4n) is 4.17. The van der Waals surface area contributed by atoms with Crippen molar-refractivity contribution in [1.29, 1.82) is 0 Å². The van der Waals surface area contributed by atoms with Gasteiger partial charge >= 0.3 is 0 Å². The Labute approximate surface area is 200 Å². The van der Waals surface area contributed by atoms with Crippen molar-refractivity contribution >= 4 is 17.6 Å². The molecule has 8 heteroatoms. The number of imidazole rings is 1. The number of pyridine rings is 1. The van der Waals surface area contributed by atoms with E-state index in [-0.39, 0.29) is 11.9 Å². The van der Waals surface area contributed by atoms with Crippen molar-refractivity contribution in [3.8, 4) is 11.1 Å². The highest BCUT2D eigenvalue weighted by atomic mass is 32.2. The average Bonchev–Trinajstić information content (AvgIpc) is 3.23. The molecule has 178 valence electrons. The van der Waals surface area contributed by atoms with E-state index < -0.39 is 0 Å². The summed E-state index contributed by atoms with van der Waals surface area (Å²) in [6.45, 7) is 3.29. The van der Waals surface area contributed by atoms with Gasteiger partial charge in [-0.3, -0.25) is 4.72 Å². The number of nitrogens with zero attached hydrogens (tertiary/aromatic N) is 2. The lowest BCUT2D eigenvalue weighted by atomic mass is 9.93. The second-order valence-corrected chi connectivity index (χ2v) is 8.81. The monoisotopic (exact) mass is 470 g/mol. The summed E-state index contributed by atoms with van der Waals surface area (Å²) >= 11 is 1.56. The van der Waals surface area contributed by atoms with E-state index in [2.05, 4.69) is 15.0 Å². The lowest BCUT2D eigenvalue weighted by Crippen LogP contribution is -2.34. The minimum Gasteiger partial charge on any atom is -0.392 e. The van der Waals surface area contributed by atoms with Gasteiger partial charge in [-0.1, -0.05) is 24.1 Å². The highest BCUT2D eigenvalue weighted by Crippen LogP contribution is 2.29. The Kier molecular flexibility index (Phi) is 9.31. The largest absolute Gasteiger partial charge is 0.392 e. The van der Waals surface area contributed by atoms with E-state index in [1.165, 1.54) is 11.6 Å². The number of hydrogen-bond acceptors (Lipinski definition) is 6. The van der Waals surface area contributed by atoms with Crippen LogP contribution in [-0.4, -0.2) is 41.8 Å². The lowest BCUT2D eigenvalue weighted by Gasteiger charge is -2.20. The molecular formula is C25H35FN6S. The molecule has 6 nitrogen and oxygen atoms in total. The van der Waals surface area contributed by atoms with Crippen molar-refractivity contribution < 1.29 is 4.39 Å². The summed E-state index contributed by atoms with van der Waals surface area (Å²) in [6.07, 6.45) is 8.85. The molecule has 2 aromatic heterocycles. The zero-order valence-corrected chi connectivity index (χ0v) is 20.5. The van der Waals surface area contributed by atoms with Crippen molar-refractivity contribution in [1.82, 2.24) is 19.4 Å². The highest BCUT2D eigenvalue weighted by Gasteiger charge is 2.15. The van der Waals surface area contributed by atoms with E-state index >= 15 is 0 Å². The molecule has 2 heterocycles. The molecule has 0 aliphatic carbocycles. The number of nitrogens with two attached hydrogens (primary N) is 2. The van der Waals surface area contributed by atoms with Crippen LogP contribution in [0, 0.1) is 5.82 Å². The molecule has 3 rings (SSSR count). The standard InChI is InChI=1S/C25H35FN6S/c1-17(29-2)20(24(28)15-31-33-3)6-4-8-22-21(7-5-9-23(22)26)18-10-11-25-30-14-19(12-13-27)32(25)16-18/h5,7,9-11,14,16,24,29,31H,4,6,8,12-13,15,27-28H2,1-3H3/b20-17-. The second kappa shape index (κ2) is 12.2. The molecule has 6 N–H and O–H groups in total. The zero-order valence-electron chi connectivity index (χ0n) is 19.7. The fourth-order valence-corrected chi connectivity index (χ4v) is 4.52. The van der Waals surface area contributed by atoms with Crippen LogP contribution in [0.25, 0.3) is 16.8 Å². The van der Waals surface area contributed by atoms with Crippen LogP contribution in [-0.2, 0) is 12.8 Å². The average molecular weight is 471 g/mol. The van der Waals surface area contributed by atoms with Gasteiger partial charge in [0, 0.05) is 49.8 Å². The summed E-state index contributed by atoms with van der Waals surface area (Å²) in [5.41, 5.74) is 19.0. The van der Waals surface area contributed by atoms with Crippen LogP contribution < -0.4 is 21.5 Å². The Morgan fingerprint density at radius 2 is 2.06 bits per heavy atom. The van der Waals surface area contributed by atoms with Gasteiger partial charge in [-0.05, 0) is 79.4 Å². The van der Waals surface area contributed by atoms with Crippen molar-refractivity contribution in [2.75, 3.05) is 26.4 Å². The van der Waals surface area contributed by atoms with Gasteiger partial charge in [-0.15, -0.1) is 0 Å². The maximum absolute atomic E-state index is 15.0. The SMILES string of the molecule is CN/C(C)=C(/CCCc1c(F)cccc1-c1ccc2ncc(CCN)n2c1)C(N)CNSC. The Bertz CT molecular complexity index is 1090. The van der Waals surface area contributed by atoms with E-state index in [1.54, 1.807) is 18.0 Å². The number of fused-ring (bicyclic) bond motifs is 1. The first-order valence-corrected chi connectivity index (χ1v) is 12.5. The normalized spacial score (nSPS) is 13.3. The van der Waals surface area contributed by atoms with Crippen LogP contribution in [0.4, 0.5) is 4.39 Å². The van der Waals surface area contributed by atoms with Crippen molar-refractivity contribution in [3.05, 3.63) is 71.1 Å². The van der Waals surface area contributed by atoms with E-state index in [0.29, 0.717) is 19.5 Å². The van der Waals surface area contributed by atoms with Gasteiger partial charge in [0.25, 0.3) is 0 Å². The van der Waals surface area contributed by atoms with Crippen LogP contribution in [0.5, 0.6) is 0 Å². The summed E-state index contributed by atoms with van der Waals surface area (Å²) in [5.74, 6) is -0.176. The Morgan fingerprint density at radius 1 is 1.24 bits per heavy atom. The molecule has 1 atom stereocenters. The first-order chi connectivity index (χ1) is 16.0. The maximum Gasteiger partial charge on any atom is 0.136 e. The predicted molar refractivity (Wildman–Crippen MR) is 138 cm³/mol. The molecule has 1 aromatic carbocycles. The third-order valence-corrected chi connectivity index (χ3v) is 6.49. The number of allylic oxidation sites excluding steroid dienone is 1. The molecule has 0 saturated heterocycles. The van der Waals surface area contributed by atoms with E-state index in [0.717, 1.165) is 53.0 Å². The minimum absolute atomic E-state index is 0.0883. The third kappa shape index (κ3) is 6.14. The molecule has 0 saturated carbocycles. The van der Waals surface area contributed by atoms with Gasteiger partial charge in [0.15, 0.2) is 0 Å². The highest BCUT2D eigenvalue weighted by molar-refractivity contribution is 7.96. The molecule has 0 amide bonds. The smallest absolute Gasteiger partial charge is 0.136 e. The molecule has 33 heavy (non-hydrogen) atoms. The molecule has 0 aliphatic heterocycles. The van der Waals surface area contributed by atoms with Crippen molar-refractivity contribution in [2.45, 2.75) is 38.6 Å². The lowest BCUT2D eigenvalue weighted by molar-refractivity contribution is 0.600. The Balaban J connectivity index is 1.84. The molecule has 1 unspecified atom stereocenters. The van der Waals surface area contributed by atoms with Crippen molar-refractivity contribution in [2.24, 2.45) is 11.5 Å². The quantitative estimate of drug-likeness (QED) is 0.302. The number of halogens is 1. The van der Waals surface area contributed by atoms with Crippen molar-refractivity contribution in [3.63, 3.8) is 0 Å². The number of nitrogens with one attached hydrogen (secondary N) is 2. The summed E-state index contributed by atoms with van der Waals surface area (Å²) in [7, 11) is 1.91. The molecule has 0 bridgehead atoms. The molecule has 0 fully saturated rings.